The Bertz CT molecular complexity index is 372. The van der Waals surface area contributed by atoms with Crippen molar-refractivity contribution in [3.63, 3.8) is 0 Å². The van der Waals surface area contributed by atoms with E-state index in [0.717, 1.165) is 4.88 Å². The van der Waals surface area contributed by atoms with Crippen LogP contribution in [0.15, 0.2) is 18.7 Å². The third-order valence-corrected chi connectivity index (χ3v) is 2.57. The van der Waals surface area contributed by atoms with Crippen LogP contribution in [0.1, 0.15) is 4.88 Å². The number of nitrogens with zero attached hydrogens (tertiary/aromatic N) is 1. The lowest BCUT2D eigenvalue weighted by Gasteiger charge is -2.09. The number of ether oxygens (including phenoxy) is 2. The molecule has 1 aliphatic rings. The van der Waals surface area contributed by atoms with Crippen LogP contribution >= 0.6 is 11.3 Å². The molecule has 0 atom stereocenters. The molecule has 0 aromatic carbocycles. The van der Waals surface area contributed by atoms with Gasteiger partial charge in [-0.25, -0.2) is 0 Å². The van der Waals surface area contributed by atoms with Gasteiger partial charge in [0.15, 0.2) is 4.80 Å². The van der Waals surface area contributed by atoms with Gasteiger partial charge in [-0.3, -0.25) is 5.41 Å². The fraction of sp³-hybridized carbons (Fsp3) is 0.375. The van der Waals surface area contributed by atoms with E-state index in [1.807, 2.05) is 17.7 Å². The van der Waals surface area contributed by atoms with Gasteiger partial charge in [0.25, 0.3) is 6.29 Å². The average Bonchev–Trinajstić information content (AvgIpc) is 2.63. The molecule has 1 N–H and O–H groups in total. The van der Waals surface area contributed by atoms with Crippen LogP contribution in [0.4, 0.5) is 0 Å². The van der Waals surface area contributed by atoms with Crippen molar-refractivity contribution in [1.29, 1.82) is 5.41 Å². The second kappa shape index (κ2) is 3.26. The summed E-state index contributed by atoms with van der Waals surface area (Å²) in [6.07, 6.45) is 4.70. The van der Waals surface area contributed by atoms with Crippen molar-refractivity contribution in [1.82, 2.24) is 4.57 Å². The van der Waals surface area contributed by atoms with Crippen molar-refractivity contribution in [3.8, 4) is 0 Å². The summed E-state index contributed by atoms with van der Waals surface area (Å²) in [5.74, 6) is 0. The SMILES string of the molecule is Cc1cn(CC2OC=CO2)c(=N)s1. The van der Waals surface area contributed by atoms with E-state index in [2.05, 4.69) is 0 Å². The van der Waals surface area contributed by atoms with E-state index in [1.54, 1.807) is 0 Å². The fourth-order valence-corrected chi connectivity index (χ4v) is 1.90. The van der Waals surface area contributed by atoms with E-state index in [9.17, 15) is 0 Å². The molecule has 1 aromatic heterocycles. The average molecular weight is 198 g/mol. The molecule has 1 aromatic rings. The molecule has 0 saturated heterocycles. The summed E-state index contributed by atoms with van der Waals surface area (Å²) in [6, 6.07) is 0. The lowest BCUT2D eigenvalue weighted by atomic mass is 10.5. The first kappa shape index (κ1) is 8.37. The Morgan fingerprint density at radius 2 is 2.23 bits per heavy atom. The molecule has 0 amide bonds. The van der Waals surface area contributed by atoms with E-state index in [0.29, 0.717) is 11.3 Å². The number of nitrogens with one attached hydrogen (secondary N) is 1. The minimum atomic E-state index is -0.275. The fourth-order valence-electron chi connectivity index (χ4n) is 1.17. The zero-order valence-corrected chi connectivity index (χ0v) is 8.00. The highest BCUT2D eigenvalue weighted by Crippen LogP contribution is 2.08. The first-order valence-corrected chi connectivity index (χ1v) is 4.75. The Hall–Kier alpha value is -1.23. The molecule has 1 aliphatic heterocycles. The van der Waals surface area contributed by atoms with Crippen LogP contribution in [-0.4, -0.2) is 10.9 Å². The van der Waals surface area contributed by atoms with Crippen LogP contribution in [0.2, 0.25) is 0 Å². The third kappa shape index (κ3) is 1.75. The van der Waals surface area contributed by atoms with Gasteiger partial charge in [0.05, 0.1) is 6.54 Å². The van der Waals surface area contributed by atoms with Gasteiger partial charge in [-0.2, -0.15) is 0 Å². The molecule has 4 nitrogen and oxygen atoms in total. The summed E-state index contributed by atoms with van der Waals surface area (Å²) >= 11 is 1.45. The predicted octanol–water partition coefficient (Wildman–Crippen LogP) is 1.18. The summed E-state index contributed by atoms with van der Waals surface area (Å²) in [5, 5.41) is 7.61. The molecule has 0 bridgehead atoms. The van der Waals surface area contributed by atoms with Gasteiger partial charge < -0.3 is 14.0 Å². The molecular weight excluding hydrogens is 188 g/mol. The smallest absolute Gasteiger partial charge is 0.257 e. The number of hydrogen-bond donors (Lipinski definition) is 1. The molecule has 0 saturated carbocycles. The summed E-state index contributed by atoms with van der Waals surface area (Å²) in [6.45, 7) is 2.55. The summed E-state index contributed by atoms with van der Waals surface area (Å²) < 4.78 is 12.1. The molecule has 0 fully saturated rings. The van der Waals surface area contributed by atoms with Crippen LogP contribution < -0.4 is 4.80 Å². The van der Waals surface area contributed by atoms with E-state index < -0.39 is 0 Å². The first-order chi connectivity index (χ1) is 6.25. The second-order valence-electron chi connectivity index (χ2n) is 2.77. The van der Waals surface area contributed by atoms with E-state index in [4.69, 9.17) is 14.9 Å². The molecule has 70 valence electrons. The minimum Gasteiger partial charge on any atom is -0.457 e. The van der Waals surface area contributed by atoms with Crippen molar-refractivity contribution in [2.24, 2.45) is 0 Å². The van der Waals surface area contributed by atoms with Crippen molar-refractivity contribution in [2.45, 2.75) is 19.8 Å². The standard InChI is InChI=1S/C8H10N2O2S/c1-6-4-10(8(9)13-6)5-7-11-2-3-12-7/h2-4,7,9H,5H2,1H3. The van der Waals surface area contributed by atoms with Crippen LogP contribution in [-0.2, 0) is 16.0 Å². The lowest BCUT2D eigenvalue weighted by molar-refractivity contribution is -0.0347. The second-order valence-corrected chi connectivity index (χ2v) is 4.01. The largest absolute Gasteiger partial charge is 0.457 e. The van der Waals surface area contributed by atoms with E-state index in [-0.39, 0.29) is 6.29 Å². The highest BCUT2D eigenvalue weighted by atomic mass is 32.1. The zero-order chi connectivity index (χ0) is 9.26. The van der Waals surface area contributed by atoms with Gasteiger partial charge in [-0.05, 0) is 6.92 Å². The monoisotopic (exact) mass is 198 g/mol. The Balaban J connectivity index is 2.09. The van der Waals surface area contributed by atoms with Crippen LogP contribution in [0.3, 0.4) is 0 Å². The molecular formula is C8H10N2O2S. The van der Waals surface area contributed by atoms with Crippen LogP contribution in [0.25, 0.3) is 0 Å². The molecule has 0 spiro atoms. The maximum Gasteiger partial charge on any atom is 0.257 e. The van der Waals surface area contributed by atoms with Gasteiger partial charge in [0.1, 0.15) is 12.5 Å². The van der Waals surface area contributed by atoms with Gasteiger partial charge in [0.2, 0.25) is 0 Å². The molecule has 0 radical (unpaired) electrons. The molecule has 2 heterocycles. The molecule has 13 heavy (non-hydrogen) atoms. The number of aryl methyl sites for hydroxylation is 1. The summed E-state index contributed by atoms with van der Waals surface area (Å²) in [5.41, 5.74) is 0. The molecule has 0 aliphatic carbocycles. The van der Waals surface area contributed by atoms with Gasteiger partial charge >= 0.3 is 0 Å². The van der Waals surface area contributed by atoms with Gasteiger partial charge in [-0.1, -0.05) is 0 Å². The topological polar surface area (TPSA) is 47.2 Å². The van der Waals surface area contributed by atoms with Crippen molar-refractivity contribution in [3.05, 3.63) is 28.4 Å². The van der Waals surface area contributed by atoms with E-state index >= 15 is 0 Å². The number of hydrogen-bond acceptors (Lipinski definition) is 4. The number of aromatic nitrogens is 1. The Kier molecular flexibility index (Phi) is 2.10. The maximum atomic E-state index is 7.61. The lowest BCUT2D eigenvalue weighted by Crippen LogP contribution is -2.22. The normalized spacial score (nSPS) is 15.8. The van der Waals surface area contributed by atoms with Crippen LogP contribution in [0.5, 0.6) is 0 Å². The Morgan fingerprint density at radius 1 is 1.54 bits per heavy atom. The molecule has 0 unspecified atom stereocenters. The third-order valence-electron chi connectivity index (χ3n) is 1.72. The van der Waals surface area contributed by atoms with Crippen molar-refractivity contribution >= 4 is 11.3 Å². The van der Waals surface area contributed by atoms with Crippen LogP contribution in [0, 0.1) is 12.3 Å². The van der Waals surface area contributed by atoms with E-state index in [1.165, 1.54) is 23.9 Å². The van der Waals surface area contributed by atoms with Crippen molar-refractivity contribution in [2.75, 3.05) is 0 Å². The summed E-state index contributed by atoms with van der Waals surface area (Å²) in [7, 11) is 0. The number of thiazole rings is 1. The quantitative estimate of drug-likeness (QED) is 0.775. The minimum absolute atomic E-state index is 0.275. The summed E-state index contributed by atoms with van der Waals surface area (Å²) in [4.78, 5) is 1.65. The molecule has 2 rings (SSSR count). The first-order valence-electron chi connectivity index (χ1n) is 3.93. The molecule has 5 heteroatoms. The highest BCUT2D eigenvalue weighted by molar-refractivity contribution is 7.09. The zero-order valence-electron chi connectivity index (χ0n) is 7.19. The van der Waals surface area contributed by atoms with Gasteiger partial charge in [-0.15, -0.1) is 11.3 Å². The van der Waals surface area contributed by atoms with Crippen molar-refractivity contribution < 1.29 is 9.47 Å². The maximum absolute atomic E-state index is 7.61. The Morgan fingerprint density at radius 3 is 2.77 bits per heavy atom. The Labute approximate surface area is 79.5 Å². The predicted molar refractivity (Wildman–Crippen MR) is 48.0 cm³/mol. The number of rotatable bonds is 2. The van der Waals surface area contributed by atoms with Gasteiger partial charge in [0, 0.05) is 11.1 Å². The highest BCUT2D eigenvalue weighted by Gasteiger charge is 2.13.